The van der Waals surface area contributed by atoms with E-state index in [1.54, 1.807) is 6.07 Å². The van der Waals surface area contributed by atoms with Crippen LogP contribution >= 0.6 is 22.6 Å². The van der Waals surface area contributed by atoms with Gasteiger partial charge in [0.2, 0.25) is 0 Å². The van der Waals surface area contributed by atoms with Crippen LogP contribution in [0.1, 0.15) is 10.4 Å². The highest BCUT2D eigenvalue weighted by Crippen LogP contribution is 2.22. The fraction of sp³-hybridized carbons (Fsp3) is 0. The van der Waals surface area contributed by atoms with Gasteiger partial charge in [0.15, 0.2) is 0 Å². The molecule has 98 valence electrons. The first-order valence-electron chi connectivity index (χ1n) is 5.44. The summed E-state index contributed by atoms with van der Waals surface area (Å²) in [6, 6.07) is 11.5. The SMILES string of the molecule is NNc1c(F)cccc1C(=O)Nc1ccccc1I. The first kappa shape index (κ1) is 13.8. The minimum atomic E-state index is -0.571. The highest BCUT2D eigenvalue weighted by Gasteiger charge is 2.15. The van der Waals surface area contributed by atoms with Gasteiger partial charge in [0.05, 0.1) is 16.9 Å². The number of hydrogen-bond donors (Lipinski definition) is 3. The number of halogens is 2. The van der Waals surface area contributed by atoms with Crippen LogP contribution in [0.25, 0.3) is 0 Å². The molecule has 0 fully saturated rings. The molecular weight excluding hydrogens is 360 g/mol. The minimum absolute atomic E-state index is 0.0223. The van der Waals surface area contributed by atoms with Crippen molar-refractivity contribution in [2.24, 2.45) is 5.84 Å². The van der Waals surface area contributed by atoms with E-state index in [9.17, 15) is 9.18 Å². The third kappa shape index (κ3) is 3.02. The topological polar surface area (TPSA) is 67.1 Å². The summed E-state index contributed by atoms with van der Waals surface area (Å²) in [5.41, 5.74) is 3.01. The van der Waals surface area contributed by atoms with Crippen LogP contribution in [0.5, 0.6) is 0 Å². The number of hydrogen-bond acceptors (Lipinski definition) is 3. The van der Waals surface area contributed by atoms with Gasteiger partial charge in [-0.1, -0.05) is 18.2 Å². The van der Waals surface area contributed by atoms with Crippen molar-refractivity contribution in [2.45, 2.75) is 0 Å². The number of nitrogen functional groups attached to an aromatic ring is 1. The van der Waals surface area contributed by atoms with Gasteiger partial charge in [0.25, 0.3) is 5.91 Å². The first-order chi connectivity index (χ1) is 9.13. The predicted octanol–water partition coefficient (Wildman–Crippen LogP) is 2.97. The lowest BCUT2D eigenvalue weighted by Gasteiger charge is -2.11. The molecule has 6 heteroatoms. The molecule has 0 unspecified atom stereocenters. The molecule has 0 aliphatic carbocycles. The fourth-order valence-electron chi connectivity index (χ4n) is 1.61. The summed E-state index contributed by atoms with van der Waals surface area (Å²) in [4.78, 5) is 12.1. The van der Waals surface area contributed by atoms with Crippen LogP contribution in [0.2, 0.25) is 0 Å². The lowest BCUT2D eigenvalue weighted by molar-refractivity contribution is 0.102. The van der Waals surface area contributed by atoms with Gasteiger partial charge in [-0.3, -0.25) is 10.6 Å². The number of nitrogens with one attached hydrogen (secondary N) is 2. The van der Waals surface area contributed by atoms with E-state index in [0.717, 1.165) is 3.57 Å². The Labute approximate surface area is 123 Å². The van der Waals surface area contributed by atoms with Crippen LogP contribution in [0, 0.1) is 9.39 Å². The summed E-state index contributed by atoms with van der Waals surface area (Å²) in [6.07, 6.45) is 0. The van der Waals surface area contributed by atoms with E-state index in [4.69, 9.17) is 5.84 Å². The Kier molecular flexibility index (Phi) is 4.33. The molecule has 0 heterocycles. The third-order valence-corrected chi connectivity index (χ3v) is 3.47. The monoisotopic (exact) mass is 371 g/mol. The van der Waals surface area contributed by atoms with Crippen molar-refractivity contribution < 1.29 is 9.18 Å². The Balaban J connectivity index is 2.31. The average Bonchev–Trinajstić information content (AvgIpc) is 2.41. The van der Waals surface area contributed by atoms with E-state index in [1.807, 2.05) is 18.2 Å². The zero-order valence-electron chi connectivity index (χ0n) is 9.78. The highest BCUT2D eigenvalue weighted by atomic mass is 127. The normalized spacial score (nSPS) is 10.1. The molecule has 1 amide bonds. The molecule has 0 aliphatic rings. The molecular formula is C13H11FIN3O. The van der Waals surface area contributed by atoms with Gasteiger partial charge >= 0.3 is 0 Å². The number of hydrazine groups is 1. The lowest BCUT2D eigenvalue weighted by Crippen LogP contribution is -2.18. The first-order valence-corrected chi connectivity index (χ1v) is 6.52. The molecule has 0 bridgehead atoms. The van der Waals surface area contributed by atoms with E-state index >= 15 is 0 Å². The molecule has 2 aromatic rings. The standard InChI is InChI=1S/C13H11FIN3O/c14-9-5-3-4-8(12(9)18-16)13(19)17-11-7-2-1-6-10(11)15/h1-7,18H,16H2,(H,17,19). The van der Waals surface area contributed by atoms with E-state index < -0.39 is 11.7 Å². The molecule has 0 radical (unpaired) electrons. The Morgan fingerprint density at radius 3 is 2.58 bits per heavy atom. The molecule has 4 nitrogen and oxygen atoms in total. The number of carbonyl (C=O) groups is 1. The average molecular weight is 371 g/mol. The summed E-state index contributed by atoms with van der Waals surface area (Å²) < 4.78 is 14.4. The van der Waals surface area contributed by atoms with Gasteiger partial charge in [-0.15, -0.1) is 0 Å². The van der Waals surface area contributed by atoms with E-state index in [2.05, 4.69) is 33.3 Å². The second-order valence-electron chi connectivity index (χ2n) is 3.74. The summed E-state index contributed by atoms with van der Waals surface area (Å²) >= 11 is 2.11. The Morgan fingerprint density at radius 1 is 1.16 bits per heavy atom. The Bertz CT molecular complexity index is 619. The molecule has 19 heavy (non-hydrogen) atoms. The van der Waals surface area contributed by atoms with Crippen molar-refractivity contribution in [3.8, 4) is 0 Å². The lowest BCUT2D eigenvalue weighted by atomic mass is 10.1. The third-order valence-electron chi connectivity index (χ3n) is 2.52. The molecule has 2 aromatic carbocycles. The van der Waals surface area contributed by atoms with Crippen LogP contribution < -0.4 is 16.6 Å². The van der Waals surface area contributed by atoms with E-state index in [1.165, 1.54) is 18.2 Å². The maximum absolute atomic E-state index is 13.5. The van der Waals surface area contributed by atoms with Crippen LogP contribution in [0.15, 0.2) is 42.5 Å². The van der Waals surface area contributed by atoms with Crippen LogP contribution in [-0.2, 0) is 0 Å². The highest BCUT2D eigenvalue weighted by molar-refractivity contribution is 14.1. The zero-order valence-corrected chi connectivity index (χ0v) is 11.9. The quantitative estimate of drug-likeness (QED) is 0.442. The number of carbonyl (C=O) groups excluding carboxylic acids is 1. The number of nitrogens with two attached hydrogens (primary N) is 1. The second kappa shape index (κ2) is 5.98. The van der Waals surface area contributed by atoms with Crippen molar-refractivity contribution in [1.29, 1.82) is 0 Å². The van der Waals surface area contributed by atoms with Crippen molar-refractivity contribution >= 4 is 39.9 Å². The Hall–Kier alpha value is -1.67. The van der Waals surface area contributed by atoms with E-state index in [0.29, 0.717) is 5.69 Å². The molecule has 0 atom stereocenters. The summed E-state index contributed by atoms with van der Waals surface area (Å²) in [6.45, 7) is 0. The van der Waals surface area contributed by atoms with Crippen LogP contribution in [0.3, 0.4) is 0 Å². The van der Waals surface area contributed by atoms with Crippen molar-refractivity contribution in [2.75, 3.05) is 10.7 Å². The summed E-state index contributed by atoms with van der Waals surface area (Å²) in [5.74, 6) is 4.25. The van der Waals surface area contributed by atoms with E-state index in [-0.39, 0.29) is 11.3 Å². The maximum Gasteiger partial charge on any atom is 0.257 e. The Morgan fingerprint density at radius 2 is 1.89 bits per heavy atom. The molecule has 4 N–H and O–H groups in total. The number of para-hydroxylation sites is 2. The smallest absolute Gasteiger partial charge is 0.257 e. The van der Waals surface area contributed by atoms with Crippen LogP contribution in [0.4, 0.5) is 15.8 Å². The van der Waals surface area contributed by atoms with Gasteiger partial charge in [-0.2, -0.15) is 0 Å². The van der Waals surface area contributed by atoms with Gasteiger partial charge < -0.3 is 10.7 Å². The second-order valence-corrected chi connectivity index (χ2v) is 4.90. The van der Waals surface area contributed by atoms with Gasteiger partial charge in [-0.05, 0) is 46.9 Å². The summed E-state index contributed by atoms with van der Waals surface area (Å²) in [7, 11) is 0. The molecule has 0 spiro atoms. The van der Waals surface area contributed by atoms with Gasteiger partial charge in [-0.25, -0.2) is 4.39 Å². The van der Waals surface area contributed by atoms with Crippen molar-refractivity contribution in [3.05, 3.63) is 57.4 Å². The maximum atomic E-state index is 13.5. The summed E-state index contributed by atoms with van der Waals surface area (Å²) in [5, 5.41) is 2.72. The van der Waals surface area contributed by atoms with Crippen molar-refractivity contribution in [1.82, 2.24) is 0 Å². The predicted molar refractivity (Wildman–Crippen MR) is 81.3 cm³/mol. The van der Waals surface area contributed by atoms with Crippen LogP contribution in [-0.4, -0.2) is 5.91 Å². The molecule has 0 aliphatic heterocycles. The minimum Gasteiger partial charge on any atom is -0.321 e. The number of benzene rings is 2. The van der Waals surface area contributed by atoms with Gasteiger partial charge in [0.1, 0.15) is 5.82 Å². The number of rotatable bonds is 3. The zero-order chi connectivity index (χ0) is 13.8. The van der Waals surface area contributed by atoms with Crippen molar-refractivity contribution in [3.63, 3.8) is 0 Å². The largest absolute Gasteiger partial charge is 0.321 e. The molecule has 0 saturated carbocycles. The molecule has 0 saturated heterocycles. The fourth-order valence-corrected chi connectivity index (χ4v) is 2.13. The van der Waals surface area contributed by atoms with Gasteiger partial charge in [0, 0.05) is 3.57 Å². The number of amides is 1. The molecule has 0 aromatic heterocycles. The number of anilines is 2. The molecule has 2 rings (SSSR count).